The Labute approximate surface area is 76.8 Å². The molecule has 0 saturated carbocycles. The summed E-state index contributed by atoms with van der Waals surface area (Å²) in [5.74, 6) is 1.59. The van der Waals surface area contributed by atoms with Crippen LogP contribution in [0.1, 0.15) is 19.8 Å². The lowest BCUT2D eigenvalue weighted by molar-refractivity contribution is 0.894. The van der Waals surface area contributed by atoms with Crippen molar-refractivity contribution in [1.82, 2.24) is 9.97 Å². The molecule has 0 atom stereocenters. The summed E-state index contributed by atoms with van der Waals surface area (Å²) in [6.45, 7) is 2.17. The van der Waals surface area contributed by atoms with Gasteiger partial charge in [-0.3, -0.25) is 4.98 Å². The van der Waals surface area contributed by atoms with E-state index in [0.29, 0.717) is 5.82 Å². The largest absolute Gasteiger partial charge is 0.382 e. The standard InChI is InChI=1S/C8H13N3S/c1-2-3-4-12-8-6-10-5-7(9)11-8/h5-6H,2-4H2,1H3,(H2,9,11). The molecule has 66 valence electrons. The summed E-state index contributed by atoms with van der Waals surface area (Å²) >= 11 is 1.71. The molecule has 0 spiro atoms. The van der Waals surface area contributed by atoms with Gasteiger partial charge < -0.3 is 5.73 Å². The molecule has 0 aromatic carbocycles. The van der Waals surface area contributed by atoms with E-state index in [-0.39, 0.29) is 0 Å². The van der Waals surface area contributed by atoms with E-state index < -0.39 is 0 Å². The molecule has 0 radical (unpaired) electrons. The number of nitrogens with zero attached hydrogens (tertiary/aromatic N) is 2. The second-order valence-corrected chi connectivity index (χ2v) is 3.60. The van der Waals surface area contributed by atoms with Gasteiger partial charge in [0, 0.05) is 0 Å². The van der Waals surface area contributed by atoms with Crippen LogP contribution in [0.5, 0.6) is 0 Å². The average Bonchev–Trinajstić information content (AvgIpc) is 2.05. The highest BCUT2D eigenvalue weighted by atomic mass is 32.2. The molecule has 12 heavy (non-hydrogen) atoms. The van der Waals surface area contributed by atoms with E-state index in [1.807, 2.05) is 0 Å². The first-order chi connectivity index (χ1) is 5.83. The molecule has 0 unspecified atom stereocenters. The van der Waals surface area contributed by atoms with E-state index in [4.69, 9.17) is 5.73 Å². The van der Waals surface area contributed by atoms with Crippen molar-refractivity contribution in [1.29, 1.82) is 0 Å². The Morgan fingerprint density at radius 3 is 3.00 bits per heavy atom. The summed E-state index contributed by atoms with van der Waals surface area (Å²) in [5, 5.41) is 0.920. The molecule has 0 aliphatic heterocycles. The molecule has 3 nitrogen and oxygen atoms in total. The highest BCUT2D eigenvalue weighted by Gasteiger charge is 1.95. The number of hydrogen-bond donors (Lipinski definition) is 1. The van der Waals surface area contributed by atoms with E-state index in [1.165, 1.54) is 12.8 Å². The summed E-state index contributed by atoms with van der Waals surface area (Å²) in [6, 6.07) is 0. The van der Waals surface area contributed by atoms with Crippen LogP contribution in [-0.4, -0.2) is 15.7 Å². The van der Waals surface area contributed by atoms with Gasteiger partial charge in [-0.25, -0.2) is 4.98 Å². The summed E-state index contributed by atoms with van der Waals surface area (Å²) in [6.07, 6.45) is 5.73. The fourth-order valence-corrected chi connectivity index (χ4v) is 1.70. The number of aromatic nitrogens is 2. The van der Waals surface area contributed by atoms with Crippen LogP contribution in [0.2, 0.25) is 0 Å². The molecule has 0 amide bonds. The Hall–Kier alpha value is -0.770. The zero-order valence-electron chi connectivity index (χ0n) is 7.16. The zero-order chi connectivity index (χ0) is 8.81. The van der Waals surface area contributed by atoms with E-state index in [1.54, 1.807) is 24.2 Å². The molecule has 1 aromatic rings. The second kappa shape index (κ2) is 4.98. The fourth-order valence-electron chi connectivity index (χ4n) is 0.753. The van der Waals surface area contributed by atoms with Crippen LogP contribution in [0.25, 0.3) is 0 Å². The Bertz CT molecular complexity index is 239. The Morgan fingerprint density at radius 1 is 1.50 bits per heavy atom. The molecular formula is C8H13N3S. The maximum Gasteiger partial charge on any atom is 0.143 e. The van der Waals surface area contributed by atoms with Crippen molar-refractivity contribution in [3.8, 4) is 0 Å². The lowest BCUT2D eigenvalue weighted by atomic mass is 10.4. The van der Waals surface area contributed by atoms with Crippen LogP contribution in [0.4, 0.5) is 5.82 Å². The minimum Gasteiger partial charge on any atom is -0.382 e. The first-order valence-electron chi connectivity index (χ1n) is 4.03. The third-order valence-corrected chi connectivity index (χ3v) is 2.36. The first-order valence-corrected chi connectivity index (χ1v) is 5.02. The Kier molecular flexibility index (Phi) is 3.87. The van der Waals surface area contributed by atoms with Gasteiger partial charge in [0.2, 0.25) is 0 Å². The maximum absolute atomic E-state index is 5.48. The monoisotopic (exact) mass is 183 g/mol. The fraction of sp³-hybridized carbons (Fsp3) is 0.500. The molecular weight excluding hydrogens is 170 g/mol. The van der Waals surface area contributed by atoms with Gasteiger partial charge >= 0.3 is 0 Å². The number of anilines is 1. The number of rotatable bonds is 4. The molecule has 0 aliphatic rings. The predicted molar refractivity (Wildman–Crippen MR) is 52.1 cm³/mol. The summed E-state index contributed by atoms with van der Waals surface area (Å²) in [5.41, 5.74) is 5.48. The van der Waals surface area contributed by atoms with Gasteiger partial charge in [-0.05, 0) is 12.2 Å². The van der Waals surface area contributed by atoms with Crippen molar-refractivity contribution >= 4 is 17.6 Å². The summed E-state index contributed by atoms with van der Waals surface area (Å²) in [4.78, 5) is 8.08. The third-order valence-electron chi connectivity index (χ3n) is 1.38. The minimum atomic E-state index is 0.497. The van der Waals surface area contributed by atoms with Gasteiger partial charge in [-0.2, -0.15) is 0 Å². The number of hydrogen-bond acceptors (Lipinski definition) is 4. The number of nitrogens with two attached hydrogens (primary N) is 1. The van der Waals surface area contributed by atoms with E-state index in [2.05, 4.69) is 16.9 Å². The molecule has 0 aliphatic carbocycles. The van der Waals surface area contributed by atoms with Crippen LogP contribution in [0, 0.1) is 0 Å². The van der Waals surface area contributed by atoms with Gasteiger partial charge in [0.1, 0.15) is 10.8 Å². The number of thioether (sulfide) groups is 1. The third kappa shape index (κ3) is 3.09. The van der Waals surface area contributed by atoms with Gasteiger partial charge in [-0.15, -0.1) is 11.8 Å². The zero-order valence-corrected chi connectivity index (χ0v) is 7.97. The van der Waals surface area contributed by atoms with Gasteiger partial charge in [0.25, 0.3) is 0 Å². The van der Waals surface area contributed by atoms with Crippen molar-refractivity contribution in [2.75, 3.05) is 11.5 Å². The lowest BCUT2D eigenvalue weighted by Gasteiger charge is -1.98. The second-order valence-electron chi connectivity index (χ2n) is 2.48. The highest BCUT2D eigenvalue weighted by Crippen LogP contribution is 2.16. The van der Waals surface area contributed by atoms with Crippen molar-refractivity contribution < 1.29 is 0 Å². The molecule has 0 bridgehead atoms. The Morgan fingerprint density at radius 2 is 2.33 bits per heavy atom. The highest BCUT2D eigenvalue weighted by molar-refractivity contribution is 7.99. The van der Waals surface area contributed by atoms with Crippen LogP contribution in [0.15, 0.2) is 17.4 Å². The van der Waals surface area contributed by atoms with Crippen molar-refractivity contribution in [2.45, 2.75) is 24.8 Å². The summed E-state index contributed by atoms with van der Waals surface area (Å²) in [7, 11) is 0. The smallest absolute Gasteiger partial charge is 0.143 e. The van der Waals surface area contributed by atoms with Crippen LogP contribution >= 0.6 is 11.8 Å². The SMILES string of the molecule is CCCCSc1cncc(N)n1. The van der Waals surface area contributed by atoms with Gasteiger partial charge in [0.15, 0.2) is 0 Å². The normalized spacial score (nSPS) is 10.1. The van der Waals surface area contributed by atoms with Crippen LogP contribution in [-0.2, 0) is 0 Å². The van der Waals surface area contributed by atoms with E-state index >= 15 is 0 Å². The first kappa shape index (κ1) is 9.32. The summed E-state index contributed by atoms with van der Waals surface area (Å²) < 4.78 is 0. The average molecular weight is 183 g/mol. The number of nitrogen functional groups attached to an aromatic ring is 1. The number of unbranched alkanes of at least 4 members (excludes halogenated alkanes) is 1. The van der Waals surface area contributed by atoms with Crippen molar-refractivity contribution in [2.24, 2.45) is 0 Å². The van der Waals surface area contributed by atoms with Crippen molar-refractivity contribution in [3.05, 3.63) is 12.4 Å². The van der Waals surface area contributed by atoms with E-state index in [9.17, 15) is 0 Å². The topological polar surface area (TPSA) is 51.8 Å². The van der Waals surface area contributed by atoms with Crippen molar-refractivity contribution in [3.63, 3.8) is 0 Å². The van der Waals surface area contributed by atoms with Gasteiger partial charge in [0.05, 0.1) is 12.4 Å². The lowest BCUT2D eigenvalue weighted by Crippen LogP contribution is -1.92. The van der Waals surface area contributed by atoms with E-state index in [0.717, 1.165) is 10.8 Å². The van der Waals surface area contributed by atoms with Crippen LogP contribution in [0.3, 0.4) is 0 Å². The van der Waals surface area contributed by atoms with Gasteiger partial charge in [-0.1, -0.05) is 13.3 Å². The van der Waals surface area contributed by atoms with Crippen LogP contribution < -0.4 is 5.73 Å². The Balaban J connectivity index is 2.41. The molecule has 0 saturated heterocycles. The predicted octanol–water partition coefficient (Wildman–Crippen LogP) is 1.95. The molecule has 1 rings (SSSR count). The quantitative estimate of drug-likeness (QED) is 0.572. The molecule has 2 N–H and O–H groups in total. The molecule has 0 fully saturated rings. The molecule has 1 aromatic heterocycles. The maximum atomic E-state index is 5.48. The molecule has 1 heterocycles. The molecule has 4 heteroatoms. The minimum absolute atomic E-state index is 0.497.